The summed E-state index contributed by atoms with van der Waals surface area (Å²) >= 11 is 0. The van der Waals surface area contributed by atoms with Gasteiger partial charge in [0, 0.05) is 36.3 Å². The fourth-order valence-electron chi connectivity index (χ4n) is 9.33. The van der Waals surface area contributed by atoms with Gasteiger partial charge >= 0.3 is 12.2 Å². The molecule has 59 heavy (non-hydrogen) atoms. The van der Waals surface area contributed by atoms with Crippen molar-refractivity contribution in [1.82, 2.24) is 35.1 Å². The van der Waals surface area contributed by atoms with Crippen molar-refractivity contribution in [3.63, 3.8) is 0 Å². The molecule has 14 heteroatoms. The molecule has 8 rings (SSSR count). The van der Waals surface area contributed by atoms with E-state index in [-0.39, 0.29) is 29.8 Å². The molecule has 0 saturated carbocycles. The first-order chi connectivity index (χ1) is 28.4. The Hall–Kier alpha value is -5.66. The van der Waals surface area contributed by atoms with Gasteiger partial charge in [0.05, 0.1) is 43.9 Å². The highest BCUT2D eigenvalue weighted by Gasteiger charge is 2.38. The third kappa shape index (κ3) is 8.58. The monoisotopic (exact) mass is 806 g/mol. The van der Waals surface area contributed by atoms with Gasteiger partial charge in [0.2, 0.25) is 11.8 Å². The van der Waals surface area contributed by atoms with Gasteiger partial charge in [-0.2, -0.15) is 0 Å². The van der Waals surface area contributed by atoms with E-state index in [1.807, 2.05) is 29.8 Å². The van der Waals surface area contributed by atoms with Crippen molar-refractivity contribution >= 4 is 24.0 Å². The first kappa shape index (κ1) is 41.5. The van der Waals surface area contributed by atoms with Crippen molar-refractivity contribution in [2.24, 2.45) is 17.6 Å². The summed E-state index contributed by atoms with van der Waals surface area (Å²) in [6.45, 7) is 9.49. The van der Waals surface area contributed by atoms with E-state index in [2.05, 4.69) is 69.9 Å². The maximum atomic E-state index is 13.7. The minimum absolute atomic E-state index is 0.0313. The lowest BCUT2D eigenvalue weighted by molar-refractivity contribution is -0.135. The van der Waals surface area contributed by atoms with Crippen molar-refractivity contribution in [3.05, 3.63) is 70.6 Å². The number of aryl methyl sites for hydroxylation is 2. The SMILES string of the molecule is COC(=O)NC(C(=O)N1CCCC1c1ncc(-c2ccc(-c3ccc4c(c3)CCc3[nH]c([C@@H]5CCCN5C(=O)CC(C)C)nc3-4)c3c2CCC3)[nH]1)C(C)C.COC(N)=O. The normalized spacial score (nSPS) is 18.5. The number of hydrogen-bond acceptors (Lipinski definition) is 8. The smallest absolute Gasteiger partial charge is 0.407 e. The maximum Gasteiger partial charge on any atom is 0.407 e. The number of ether oxygens (including phenoxy) is 2. The van der Waals surface area contributed by atoms with Gasteiger partial charge in [0.1, 0.15) is 17.7 Å². The summed E-state index contributed by atoms with van der Waals surface area (Å²) in [5.74, 6) is 2.10. The van der Waals surface area contributed by atoms with E-state index in [4.69, 9.17) is 14.7 Å². The molecule has 0 spiro atoms. The molecule has 2 aliphatic carbocycles. The molecule has 0 radical (unpaired) electrons. The van der Waals surface area contributed by atoms with Crippen LogP contribution in [0.4, 0.5) is 9.59 Å². The second kappa shape index (κ2) is 17.7. The molecule has 0 bridgehead atoms. The van der Waals surface area contributed by atoms with Gasteiger partial charge in [-0.3, -0.25) is 9.59 Å². The van der Waals surface area contributed by atoms with Crippen molar-refractivity contribution in [2.75, 3.05) is 27.3 Å². The van der Waals surface area contributed by atoms with E-state index in [9.17, 15) is 19.2 Å². The molecular weight excluding hydrogens is 749 g/mol. The van der Waals surface area contributed by atoms with Crippen LogP contribution >= 0.6 is 0 Å². The molecule has 314 valence electrons. The van der Waals surface area contributed by atoms with Crippen LogP contribution in [0.3, 0.4) is 0 Å². The number of aromatic nitrogens is 4. The largest absolute Gasteiger partial charge is 0.453 e. The predicted octanol–water partition coefficient (Wildman–Crippen LogP) is 7.19. The number of benzene rings is 2. The van der Waals surface area contributed by atoms with Crippen molar-refractivity contribution in [2.45, 2.75) is 110 Å². The Kier molecular flexibility index (Phi) is 12.4. The van der Waals surface area contributed by atoms with Crippen LogP contribution in [0.25, 0.3) is 33.6 Å². The van der Waals surface area contributed by atoms with E-state index in [1.165, 1.54) is 58.9 Å². The molecule has 4 amide bonds. The summed E-state index contributed by atoms with van der Waals surface area (Å²) in [6.07, 6.45) is 9.82. The number of primary amides is 1. The summed E-state index contributed by atoms with van der Waals surface area (Å²) in [5.41, 5.74) is 16.6. The molecule has 3 atom stereocenters. The number of hydrogen-bond donors (Lipinski definition) is 4. The number of aromatic amines is 2. The Labute approximate surface area is 346 Å². The van der Waals surface area contributed by atoms with Crippen molar-refractivity contribution < 1.29 is 28.7 Å². The van der Waals surface area contributed by atoms with Crippen LogP contribution in [0.15, 0.2) is 36.5 Å². The Balaban J connectivity index is 0.000000997. The van der Waals surface area contributed by atoms with Crippen LogP contribution in [0.5, 0.6) is 0 Å². The molecule has 5 N–H and O–H groups in total. The molecule has 2 aromatic heterocycles. The number of imidazole rings is 2. The van der Waals surface area contributed by atoms with Crippen molar-refractivity contribution in [3.8, 4) is 33.6 Å². The number of nitrogens with zero attached hydrogens (tertiary/aromatic N) is 4. The lowest BCUT2D eigenvalue weighted by Crippen LogP contribution is -2.51. The zero-order valence-corrected chi connectivity index (χ0v) is 35.2. The van der Waals surface area contributed by atoms with Crippen LogP contribution < -0.4 is 11.1 Å². The molecular formula is C45H58N8O6. The number of carbonyl (C=O) groups is 4. The number of nitrogens with two attached hydrogens (primary N) is 1. The molecule has 4 heterocycles. The van der Waals surface area contributed by atoms with Gasteiger partial charge in [-0.05, 0) is 97.4 Å². The van der Waals surface area contributed by atoms with Crippen LogP contribution in [0.2, 0.25) is 0 Å². The summed E-state index contributed by atoms with van der Waals surface area (Å²) in [7, 11) is 2.54. The van der Waals surface area contributed by atoms with E-state index in [1.54, 1.807) is 0 Å². The van der Waals surface area contributed by atoms with Gasteiger partial charge in [-0.25, -0.2) is 19.6 Å². The highest BCUT2D eigenvalue weighted by Crippen LogP contribution is 2.42. The molecule has 4 aromatic rings. The number of nitrogens with one attached hydrogen (secondary N) is 3. The molecule has 4 aliphatic rings. The minimum Gasteiger partial charge on any atom is -0.453 e. The number of methoxy groups -OCH3 is 2. The van der Waals surface area contributed by atoms with E-state index in [0.717, 1.165) is 87.4 Å². The van der Waals surface area contributed by atoms with Crippen LogP contribution in [0, 0.1) is 11.8 Å². The zero-order chi connectivity index (χ0) is 42.0. The summed E-state index contributed by atoms with van der Waals surface area (Å²) in [4.78, 5) is 69.3. The van der Waals surface area contributed by atoms with E-state index >= 15 is 0 Å². The van der Waals surface area contributed by atoms with E-state index < -0.39 is 18.2 Å². The Morgan fingerprint density at radius 1 is 0.831 bits per heavy atom. The highest BCUT2D eigenvalue weighted by atomic mass is 16.5. The molecule has 2 aliphatic heterocycles. The van der Waals surface area contributed by atoms with Gasteiger partial charge in [0.15, 0.2) is 0 Å². The third-order valence-corrected chi connectivity index (χ3v) is 12.2. The molecule has 2 fully saturated rings. The molecule has 2 saturated heterocycles. The summed E-state index contributed by atoms with van der Waals surface area (Å²) in [5, 5.41) is 2.74. The molecule has 2 unspecified atom stereocenters. The van der Waals surface area contributed by atoms with Gasteiger partial charge < -0.3 is 40.3 Å². The number of amides is 4. The van der Waals surface area contributed by atoms with Crippen LogP contribution in [0.1, 0.15) is 112 Å². The van der Waals surface area contributed by atoms with Crippen LogP contribution in [-0.2, 0) is 44.7 Å². The number of likely N-dealkylation sites (tertiary alicyclic amines) is 2. The Morgan fingerprint density at radius 2 is 1.49 bits per heavy atom. The highest BCUT2D eigenvalue weighted by molar-refractivity contribution is 5.86. The minimum atomic E-state index is -0.745. The maximum absolute atomic E-state index is 13.7. The standard InChI is InChI=1S/C43H53N7O4.C2H5NO2/c1-24(2)21-37(51)49-19-7-12-36(49)41-45-33-18-14-27-22-26(13-15-29(27)39(33)47-41)28-16-17-32(31-10-6-9-30(28)31)34-23-44-40(46-34)35-11-8-20-50(35)42(52)38(25(3)4)48-43(53)54-5;1-5-2(3)4/h13,15-17,22-25,35-36,38H,6-12,14,18-21H2,1-5H3,(H,44,46)(H,45,47)(H,48,53);1H3,(H2,3,4)/t35?,36-,38?;/m0./s1. The average molecular weight is 807 g/mol. The second-order valence-corrected chi connectivity index (χ2v) is 16.9. The molecule has 14 nitrogen and oxygen atoms in total. The van der Waals surface area contributed by atoms with Crippen LogP contribution in [-0.4, -0.2) is 87.1 Å². The number of H-pyrrole nitrogens is 2. The Morgan fingerprint density at radius 3 is 2.17 bits per heavy atom. The first-order valence-electron chi connectivity index (χ1n) is 21.1. The number of carbonyl (C=O) groups excluding carboxylic acids is 4. The lowest BCUT2D eigenvalue weighted by atomic mass is 9.87. The van der Waals surface area contributed by atoms with Gasteiger partial charge in [-0.1, -0.05) is 58.0 Å². The van der Waals surface area contributed by atoms with Gasteiger partial charge in [-0.15, -0.1) is 0 Å². The van der Waals surface area contributed by atoms with E-state index in [0.29, 0.717) is 18.9 Å². The third-order valence-electron chi connectivity index (χ3n) is 12.2. The zero-order valence-electron chi connectivity index (χ0n) is 35.2. The van der Waals surface area contributed by atoms with Crippen molar-refractivity contribution in [1.29, 1.82) is 0 Å². The number of fused-ring (bicyclic) bond motifs is 4. The fraction of sp³-hybridized carbons (Fsp3) is 0.511. The average Bonchev–Trinajstić information content (AvgIpc) is 4.07. The molecule has 2 aromatic carbocycles. The lowest BCUT2D eigenvalue weighted by Gasteiger charge is -2.30. The van der Waals surface area contributed by atoms with Gasteiger partial charge in [0.25, 0.3) is 0 Å². The quantitative estimate of drug-likeness (QED) is 0.137. The summed E-state index contributed by atoms with van der Waals surface area (Å²) < 4.78 is 8.69. The number of rotatable bonds is 9. The topological polar surface area (TPSA) is 189 Å². The Bertz CT molecular complexity index is 2210. The summed E-state index contributed by atoms with van der Waals surface area (Å²) in [6, 6.07) is 10.6. The number of alkyl carbamates (subject to hydrolysis) is 1. The second-order valence-electron chi connectivity index (χ2n) is 16.9. The fourth-order valence-corrected chi connectivity index (χ4v) is 9.33. The predicted molar refractivity (Wildman–Crippen MR) is 224 cm³/mol. The first-order valence-corrected chi connectivity index (χ1v) is 21.1.